The highest BCUT2D eigenvalue weighted by atomic mass is 79.9. The molecule has 0 aliphatic carbocycles. The van der Waals surface area contributed by atoms with Gasteiger partial charge in [-0.1, -0.05) is 30.4 Å². The normalized spacial score (nSPS) is 15.2. The molecule has 31 heavy (non-hydrogen) atoms. The first-order valence-corrected chi connectivity index (χ1v) is 12.2. The zero-order valence-corrected chi connectivity index (χ0v) is 21.5. The Bertz CT molecular complexity index is 857. The average molecular weight is 531 g/mol. The molecule has 0 unspecified atom stereocenters. The van der Waals surface area contributed by atoms with Crippen LogP contribution >= 0.6 is 39.9 Å². The molecule has 1 aromatic carbocycles. The minimum absolute atomic E-state index is 0.00484. The lowest BCUT2D eigenvalue weighted by Crippen LogP contribution is -2.29. The van der Waals surface area contributed by atoms with E-state index in [4.69, 9.17) is 21.7 Å². The lowest BCUT2D eigenvalue weighted by molar-refractivity contribution is -0.140. The first kappa shape index (κ1) is 25.7. The third-order valence-corrected chi connectivity index (χ3v) is 6.31. The van der Waals surface area contributed by atoms with Crippen molar-refractivity contribution < 1.29 is 23.8 Å². The summed E-state index contributed by atoms with van der Waals surface area (Å²) in [4.78, 5) is 26.2. The van der Waals surface area contributed by atoms with Crippen molar-refractivity contribution in [2.75, 3.05) is 20.3 Å². The van der Waals surface area contributed by atoms with Crippen molar-refractivity contribution in [2.45, 2.75) is 52.6 Å². The van der Waals surface area contributed by atoms with E-state index in [1.54, 1.807) is 4.90 Å². The highest BCUT2D eigenvalue weighted by molar-refractivity contribution is 9.10. The number of thiocarbonyl (C=S) groups is 1. The second-order valence-electron chi connectivity index (χ2n) is 7.15. The van der Waals surface area contributed by atoms with E-state index in [0.717, 1.165) is 29.3 Å². The molecule has 170 valence electrons. The van der Waals surface area contributed by atoms with E-state index >= 15 is 0 Å². The predicted octanol–water partition coefficient (Wildman–Crippen LogP) is 5.57. The van der Waals surface area contributed by atoms with Gasteiger partial charge in [0.15, 0.2) is 11.5 Å². The van der Waals surface area contributed by atoms with Crippen molar-refractivity contribution in [3.05, 3.63) is 27.1 Å². The molecule has 0 radical (unpaired) electrons. The Balaban J connectivity index is 2.09. The summed E-state index contributed by atoms with van der Waals surface area (Å²) >= 11 is 10.3. The van der Waals surface area contributed by atoms with Gasteiger partial charge in [0.05, 0.1) is 29.2 Å². The van der Waals surface area contributed by atoms with Crippen LogP contribution < -0.4 is 9.47 Å². The fourth-order valence-electron chi connectivity index (χ4n) is 2.95. The molecule has 0 saturated carbocycles. The van der Waals surface area contributed by atoms with Crippen LogP contribution in [0.1, 0.15) is 52.0 Å². The Labute approximate surface area is 201 Å². The monoisotopic (exact) mass is 529 g/mol. The fraction of sp³-hybridized carbons (Fsp3) is 0.500. The highest BCUT2D eigenvalue weighted by Crippen LogP contribution is 2.40. The van der Waals surface area contributed by atoms with E-state index in [1.807, 2.05) is 39.0 Å². The molecule has 1 heterocycles. The van der Waals surface area contributed by atoms with Crippen LogP contribution in [0.2, 0.25) is 0 Å². The molecular weight excluding hydrogens is 502 g/mol. The summed E-state index contributed by atoms with van der Waals surface area (Å²) in [6.07, 6.45) is 4.55. The second kappa shape index (κ2) is 12.5. The number of carbonyl (C=O) groups is 2. The largest absolute Gasteiger partial charge is 0.490 e. The molecule has 6 nitrogen and oxygen atoms in total. The quantitative estimate of drug-likeness (QED) is 0.160. The van der Waals surface area contributed by atoms with Gasteiger partial charge in [0.1, 0.15) is 4.32 Å². The van der Waals surface area contributed by atoms with Crippen molar-refractivity contribution >= 4 is 62.2 Å². The van der Waals surface area contributed by atoms with Crippen LogP contribution in [-0.4, -0.2) is 47.5 Å². The number of benzene rings is 1. The van der Waals surface area contributed by atoms with Gasteiger partial charge in [0, 0.05) is 13.0 Å². The number of esters is 1. The molecule has 1 aliphatic heterocycles. The summed E-state index contributed by atoms with van der Waals surface area (Å²) < 4.78 is 17.6. The highest BCUT2D eigenvalue weighted by Gasteiger charge is 2.31. The van der Waals surface area contributed by atoms with E-state index in [9.17, 15) is 9.59 Å². The van der Waals surface area contributed by atoms with Crippen LogP contribution in [0.15, 0.2) is 21.5 Å². The van der Waals surface area contributed by atoms with Crippen molar-refractivity contribution in [3.63, 3.8) is 0 Å². The van der Waals surface area contributed by atoms with Gasteiger partial charge in [-0.3, -0.25) is 14.5 Å². The SMILES string of the molecule is CCOc1cc(/C=C2\SC(=S)N(CCCCCC(=O)OC)C2=O)cc(Br)c1OC(C)C. The zero-order valence-electron chi connectivity index (χ0n) is 18.2. The maximum Gasteiger partial charge on any atom is 0.305 e. The maximum absolute atomic E-state index is 12.9. The number of unbranched alkanes of at least 4 members (excludes halogenated alkanes) is 2. The number of halogens is 1. The number of nitrogens with zero attached hydrogens (tertiary/aromatic N) is 1. The second-order valence-corrected chi connectivity index (χ2v) is 9.68. The number of amides is 1. The number of carbonyl (C=O) groups excluding carboxylic acids is 2. The number of hydrogen-bond donors (Lipinski definition) is 0. The number of hydrogen-bond acceptors (Lipinski definition) is 7. The Morgan fingerprint density at radius 3 is 2.68 bits per heavy atom. The Morgan fingerprint density at radius 2 is 2.03 bits per heavy atom. The number of rotatable bonds is 11. The summed E-state index contributed by atoms with van der Waals surface area (Å²) in [7, 11) is 1.38. The molecule has 1 saturated heterocycles. The van der Waals surface area contributed by atoms with Gasteiger partial charge in [0.25, 0.3) is 5.91 Å². The Morgan fingerprint density at radius 1 is 1.29 bits per heavy atom. The van der Waals surface area contributed by atoms with Crippen molar-refractivity contribution in [1.29, 1.82) is 0 Å². The van der Waals surface area contributed by atoms with Crippen LogP contribution in [-0.2, 0) is 14.3 Å². The lowest BCUT2D eigenvalue weighted by Gasteiger charge is -2.17. The standard InChI is InChI=1S/C22H28BrNO5S2/c1-5-28-17-12-15(11-16(23)20(17)29-14(2)3)13-18-21(26)24(22(30)31-18)10-8-6-7-9-19(25)27-4/h11-14H,5-10H2,1-4H3/b18-13-. The van der Waals surface area contributed by atoms with Crippen molar-refractivity contribution in [2.24, 2.45) is 0 Å². The summed E-state index contributed by atoms with van der Waals surface area (Å²) in [5.41, 5.74) is 0.824. The Hall–Kier alpha value is -1.58. The molecule has 0 aromatic heterocycles. The summed E-state index contributed by atoms with van der Waals surface area (Å²) in [6.45, 7) is 6.87. The summed E-state index contributed by atoms with van der Waals surface area (Å²) in [6, 6.07) is 3.77. The van der Waals surface area contributed by atoms with Crippen molar-refractivity contribution in [1.82, 2.24) is 4.90 Å². The third-order valence-electron chi connectivity index (χ3n) is 4.35. The minimum Gasteiger partial charge on any atom is -0.490 e. The Kier molecular flexibility index (Phi) is 10.3. The zero-order chi connectivity index (χ0) is 23.0. The molecule has 2 rings (SSSR count). The lowest BCUT2D eigenvalue weighted by atomic mass is 10.1. The van der Waals surface area contributed by atoms with Gasteiger partial charge in [-0.05, 0) is 73.3 Å². The van der Waals surface area contributed by atoms with Gasteiger partial charge in [-0.25, -0.2) is 0 Å². The fourth-order valence-corrected chi connectivity index (χ4v) is 4.81. The smallest absolute Gasteiger partial charge is 0.305 e. The molecule has 1 aliphatic rings. The van der Waals surface area contributed by atoms with Crippen LogP contribution in [0.4, 0.5) is 0 Å². The van der Waals surface area contributed by atoms with Crippen LogP contribution in [0, 0.1) is 0 Å². The van der Waals surface area contributed by atoms with E-state index < -0.39 is 0 Å². The van der Waals surface area contributed by atoms with E-state index in [0.29, 0.717) is 40.3 Å². The van der Waals surface area contributed by atoms with Gasteiger partial charge in [-0.15, -0.1) is 0 Å². The van der Waals surface area contributed by atoms with Crippen LogP contribution in [0.5, 0.6) is 11.5 Å². The molecule has 0 spiro atoms. The van der Waals surface area contributed by atoms with Gasteiger partial charge >= 0.3 is 5.97 Å². The van der Waals surface area contributed by atoms with Crippen LogP contribution in [0.3, 0.4) is 0 Å². The van der Waals surface area contributed by atoms with E-state index in [-0.39, 0.29) is 18.0 Å². The van der Waals surface area contributed by atoms with E-state index in [2.05, 4.69) is 20.7 Å². The first-order chi connectivity index (χ1) is 14.8. The molecular formula is C22H28BrNO5S2. The topological polar surface area (TPSA) is 65.1 Å². The summed E-state index contributed by atoms with van der Waals surface area (Å²) in [5.74, 6) is 0.960. The molecule has 0 atom stereocenters. The van der Waals surface area contributed by atoms with Crippen LogP contribution in [0.25, 0.3) is 6.08 Å². The number of ether oxygens (including phenoxy) is 3. The predicted molar refractivity (Wildman–Crippen MR) is 131 cm³/mol. The minimum atomic E-state index is -0.212. The van der Waals surface area contributed by atoms with Crippen molar-refractivity contribution in [3.8, 4) is 11.5 Å². The maximum atomic E-state index is 12.9. The third kappa shape index (κ3) is 7.50. The number of methoxy groups -OCH3 is 1. The molecule has 1 aromatic rings. The molecule has 9 heteroatoms. The molecule has 1 amide bonds. The molecule has 0 bridgehead atoms. The van der Waals surface area contributed by atoms with Gasteiger partial charge < -0.3 is 14.2 Å². The van der Waals surface area contributed by atoms with E-state index in [1.165, 1.54) is 18.9 Å². The van der Waals surface area contributed by atoms with Gasteiger partial charge in [-0.2, -0.15) is 0 Å². The number of thioether (sulfide) groups is 1. The molecule has 1 fully saturated rings. The average Bonchev–Trinajstić information content (AvgIpc) is 2.97. The summed E-state index contributed by atoms with van der Waals surface area (Å²) in [5, 5.41) is 0. The van der Waals surface area contributed by atoms with Gasteiger partial charge in [0.2, 0.25) is 0 Å². The first-order valence-electron chi connectivity index (χ1n) is 10.2. The molecule has 0 N–H and O–H groups in total.